The molecule has 2 N–H and O–H groups in total. The van der Waals surface area contributed by atoms with Crippen molar-refractivity contribution < 1.29 is 9.59 Å². The second-order valence-corrected chi connectivity index (χ2v) is 6.49. The number of piperidine rings is 1. The molecular weight excluding hydrogens is 292 g/mol. The highest BCUT2D eigenvalue weighted by molar-refractivity contribution is 6.00. The first kappa shape index (κ1) is 14.2. The van der Waals surface area contributed by atoms with Crippen molar-refractivity contribution in [2.24, 2.45) is 11.8 Å². The maximum Gasteiger partial charge on any atom is 0.229 e. The Morgan fingerprint density at radius 2 is 2.09 bits per heavy atom. The van der Waals surface area contributed by atoms with Crippen LogP contribution < -0.4 is 5.32 Å². The summed E-state index contributed by atoms with van der Waals surface area (Å²) in [5, 5.41) is 2.99. The number of hydrogen-bond acceptors (Lipinski definition) is 3. The number of rotatable bonds is 3. The van der Waals surface area contributed by atoms with Gasteiger partial charge < -0.3 is 15.2 Å². The number of benzene rings is 1. The second kappa shape index (κ2) is 5.68. The number of H-pyrrole nitrogens is 1. The summed E-state index contributed by atoms with van der Waals surface area (Å²) in [6, 6.07) is 5.67. The van der Waals surface area contributed by atoms with Crippen LogP contribution >= 0.6 is 0 Å². The molecule has 1 atom stereocenters. The summed E-state index contributed by atoms with van der Waals surface area (Å²) in [7, 11) is 0. The smallest absolute Gasteiger partial charge is 0.229 e. The Morgan fingerprint density at radius 3 is 2.91 bits per heavy atom. The van der Waals surface area contributed by atoms with E-state index < -0.39 is 0 Å². The number of aromatic nitrogens is 2. The highest BCUT2D eigenvalue weighted by Gasteiger charge is 2.36. The lowest BCUT2D eigenvalue weighted by molar-refractivity contribution is -0.135. The molecule has 0 unspecified atom stereocenters. The molecule has 2 fully saturated rings. The van der Waals surface area contributed by atoms with Crippen LogP contribution in [0.2, 0.25) is 0 Å². The van der Waals surface area contributed by atoms with E-state index in [9.17, 15) is 9.59 Å². The normalized spacial score (nSPS) is 21.4. The molecule has 2 amide bonds. The number of hydrogen-bond donors (Lipinski definition) is 2. The average molecular weight is 312 g/mol. The van der Waals surface area contributed by atoms with Crippen molar-refractivity contribution in [2.75, 3.05) is 18.4 Å². The monoisotopic (exact) mass is 312 g/mol. The number of aromatic amines is 1. The Bertz CT molecular complexity index is 750. The molecule has 6 heteroatoms. The molecule has 0 spiro atoms. The number of amides is 2. The maximum atomic E-state index is 12.6. The molecule has 1 aliphatic heterocycles. The lowest BCUT2D eigenvalue weighted by Crippen LogP contribution is -2.44. The van der Waals surface area contributed by atoms with Crippen LogP contribution in [-0.2, 0) is 9.59 Å². The minimum atomic E-state index is -0.138. The first-order valence-electron chi connectivity index (χ1n) is 8.24. The molecule has 1 saturated heterocycles. The minimum Gasteiger partial charge on any atom is -0.345 e. The number of nitrogens with one attached hydrogen (secondary N) is 2. The van der Waals surface area contributed by atoms with Gasteiger partial charge in [0.25, 0.3) is 0 Å². The Labute approximate surface area is 134 Å². The van der Waals surface area contributed by atoms with E-state index >= 15 is 0 Å². The van der Waals surface area contributed by atoms with E-state index in [1.807, 2.05) is 23.1 Å². The van der Waals surface area contributed by atoms with Crippen molar-refractivity contribution in [3.8, 4) is 0 Å². The van der Waals surface area contributed by atoms with Crippen LogP contribution in [0.25, 0.3) is 11.0 Å². The van der Waals surface area contributed by atoms with Crippen LogP contribution in [0.15, 0.2) is 24.5 Å². The Balaban J connectivity index is 1.46. The van der Waals surface area contributed by atoms with Crippen LogP contribution in [0.1, 0.15) is 25.7 Å². The first-order valence-corrected chi connectivity index (χ1v) is 8.24. The first-order chi connectivity index (χ1) is 11.2. The predicted molar refractivity (Wildman–Crippen MR) is 86.8 cm³/mol. The highest BCUT2D eigenvalue weighted by Crippen LogP contribution is 2.32. The molecule has 2 aromatic rings. The van der Waals surface area contributed by atoms with E-state index in [1.165, 1.54) is 0 Å². The molecule has 120 valence electrons. The third kappa shape index (κ3) is 2.81. The van der Waals surface area contributed by atoms with Gasteiger partial charge in [-0.15, -0.1) is 0 Å². The Kier molecular flexibility index (Phi) is 3.52. The second-order valence-electron chi connectivity index (χ2n) is 6.49. The summed E-state index contributed by atoms with van der Waals surface area (Å²) in [5.41, 5.74) is 2.39. The van der Waals surface area contributed by atoms with Crippen molar-refractivity contribution in [2.45, 2.75) is 25.7 Å². The van der Waals surface area contributed by atoms with E-state index in [0.29, 0.717) is 6.54 Å². The molecule has 2 heterocycles. The van der Waals surface area contributed by atoms with E-state index in [1.54, 1.807) is 6.33 Å². The Morgan fingerprint density at radius 1 is 1.22 bits per heavy atom. The number of nitrogens with zero attached hydrogens (tertiary/aromatic N) is 2. The molecule has 0 bridgehead atoms. The topological polar surface area (TPSA) is 78.1 Å². The molecule has 1 aliphatic carbocycles. The lowest BCUT2D eigenvalue weighted by Gasteiger charge is -2.32. The van der Waals surface area contributed by atoms with Crippen molar-refractivity contribution in [3.63, 3.8) is 0 Å². The number of fused-ring (bicyclic) bond motifs is 1. The standard InChI is InChI=1S/C17H20N4O2/c22-16(20-14-5-1-4-13-15(14)19-10-18-13)12-3-2-8-21(9-12)17(23)11-6-7-11/h1,4-5,10-12H,2-3,6-9H2,(H,18,19)(H,20,22)/t12-/m1/s1. The summed E-state index contributed by atoms with van der Waals surface area (Å²) in [5.74, 6) is 0.293. The van der Waals surface area contributed by atoms with Crippen molar-refractivity contribution in [3.05, 3.63) is 24.5 Å². The van der Waals surface area contributed by atoms with Crippen LogP contribution in [0.5, 0.6) is 0 Å². The third-order valence-electron chi connectivity index (χ3n) is 4.74. The molecule has 6 nitrogen and oxygen atoms in total. The van der Waals surface area contributed by atoms with Crippen molar-refractivity contribution in [1.29, 1.82) is 0 Å². The summed E-state index contributed by atoms with van der Waals surface area (Å²) < 4.78 is 0. The third-order valence-corrected chi connectivity index (χ3v) is 4.74. The summed E-state index contributed by atoms with van der Waals surface area (Å²) in [4.78, 5) is 34.0. The van der Waals surface area contributed by atoms with Gasteiger partial charge in [0.05, 0.1) is 23.4 Å². The van der Waals surface area contributed by atoms with E-state index in [0.717, 1.165) is 48.9 Å². The zero-order valence-electron chi connectivity index (χ0n) is 12.9. The summed E-state index contributed by atoms with van der Waals surface area (Å²) >= 11 is 0. The fraction of sp³-hybridized carbons (Fsp3) is 0.471. The summed E-state index contributed by atoms with van der Waals surface area (Å²) in [6.45, 7) is 1.33. The number of carbonyl (C=O) groups is 2. The van der Waals surface area contributed by atoms with E-state index in [-0.39, 0.29) is 23.7 Å². The number of para-hydroxylation sites is 1. The van der Waals surface area contributed by atoms with Crippen LogP contribution in [0.4, 0.5) is 5.69 Å². The van der Waals surface area contributed by atoms with Gasteiger partial charge in [0.15, 0.2) is 0 Å². The SMILES string of the molecule is O=C(Nc1cccc2[nH]cnc12)[C@@H]1CCCN(C(=O)C2CC2)C1. The molecule has 1 saturated carbocycles. The number of carbonyl (C=O) groups excluding carboxylic acids is 2. The number of likely N-dealkylation sites (tertiary alicyclic amines) is 1. The Hall–Kier alpha value is -2.37. The molecule has 4 rings (SSSR count). The largest absolute Gasteiger partial charge is 0.345 e. The molecular formula is C17H20N4O2. The van der Waals surface area contributed by atoms with Gasteiger partial charge in [0.2, 0.25) is 11.8 Å². The molecule has 23 heavy (non-hydrogen) atoms. The van der Waals surface area contributed by atoms with Gasteiger partial charge in [0.1, 0.15) is 5.52 Å². The van der Waals surface area contributed by atoms with Gasteiger partial charge in [-0.2, -0.15) is 0 Å². The molecule has 1 aromatic carbocycles. The average Bonchev–Trinajstić information content (AvgIpc) is 3.31. The predicted octanol–water partition coefficient (Wildman–Crippen LogP) is 2.15. The van der Waals surface area contributed by atoms with Crippen molar-refractivity contribution >= 4 is 28.5 Å². The van der Waals surface area contributed by atoms with E-state index in [4.69, 9.17) is 0 Å². The van der Waals surface area contributed by atoms with Gasteiger partial charge in [-0.3, -0.25) is 9.59 Å². The van der Waals surface area contributed by atoms with Crippen LogP contribution in [-0.4, -0.2) is 39.8 Å². The lowest BCUT2D eigenvalue weighted by atomic mass is 9.96. The van der Waals surface area contributed by atoms with Gasteiger partial charge in [0, 0.05) is 19.0 Å². The molecule has 2 aliphatic rings. The fourth-order valence-electron chi connectivity index (χ4n) is 3.28. The van der Waals surface area contributed by atoms with Gasteiger partial charge in [-0.05, 0) is 37.8 Å². The van der Waals surface area contributed by atoms with Gasteiger partial charge in [-0.25, -0.2) is 4.98 Å². The maximum absolute atomic E-state index is 12.6. The van der Waals surface area contributed by atoms with Gasteiger partial charge in [-0.1, -0.05) is 6.07 Å². The highest BCUT2D eigenvalue weighted by atomic mass is 16.2. The zero-order chi connectivity index (χ0) is 15.8. The molecule has 0 radical (unpaired) electrons. The molecule has 1 aromatic heterocycles. The van der Waals surface area contributed by atoms with Gasteiger partial charge >= 0.3 is 0 Å². The minimum absolute atomic E-state index is 0.0196. The number of imidazole rings is 1. The fourth-order valence-corrected chi connectivity index (χ4v) is 3.28. The van der Waals surface area contributed by atoms with E-state index in [2.05, 4.69) is 15.3 Å². The zero-order valence-corrected chi connectivity index (χ0v) is 12.9. The van der Waals surface area contributed by atoms with Crippen molar-refractivity contribution in [1.82, 2.24) is 14.9 Å². The number of anilines is 1. The van der Waals surface area contributed by atoms with Crippen LogP contribution in [0.3, 0.4) is 0 Å². The summed E-state index contributed by atoms with van der Waals surface area (Å²) in [6.07, 6.45) is 5.36. The quantitative estimate of drug-likeness (QED) is 0.911. The van der Waals surface area contributed by atoms with Crippen LogP contribution in [0, 0.1) is 11.8 Å².